The number of nitrogens with zero attached hydrogens (tertiary/aromatic N) is 2. The smallest absolute Gasteiger partial charge is 0.322 e. The van der Waals surface area contributed by atoms with Crippen LogP contribution in [0.2, 0.25) is 4.34 Å². The van der Waals surface area contributed by atoms with E-state index in [1.54, 1.807) is 12.1 Å². The Labute approximate surface area is 141 Å². The molecular formula is C15H12ClN3O3S. The fourth-order valence-electron chi connectivity index (χ4n) is 1.76. The fraction of sp³-hybridized carbons (Fsp3) is 0.133. The molecule has 3 rings (SSSR count). The van der Waals surface area contributed by atoms with E-state index in [0.29, 0.717) is 10.2 Å². The lowest BCUT2D eigenvalue weighted by Gasteiger charge is -2.04. The van der Waals surface area contributed by atoms with Crippen molar-refractivity contribution in [3.8, 4) is 16.5 Å². The molecule has 118 valence electrons. The summed E-state index contributed by atoms with van der Waals surface area (Å²) < 4.78 is 11.5. The van der Waals surface area contributed by atoms with E-state index in [0.717, 1.165) is 10.6 Å². The van der Waals surface area contributed by atoms with Crippen molar-refractivity contribution in [2.75, 3.05) is 11.9 Å². The van der Waals surface area contributed by atoms with Gasteiger partial charge in [0.25, 0.3) is 5.89 Å². The van der Waals surface area contributed by atoms with Crippen molar-refractivity contribution in [1.82, 2.24) is 10.2 Å². The highest BCUT2D eigenvalue weighted by molar-refractivity contribution is 7.19. The number of para-hydroxylation sites is 1. The Balaban J connectivity index is 1.49. The van der Waals surface area contributed by atoms with Gasteiger partial charge in [0.2, 0.25) is 5.91 Å². The molecule has 2 heterocycles. The molecule has 0 aliphatic heterocycles. The van der Waals surface area contributed by atoms with Gasteiger partial charge in [0, 0.05) is 0 Å². The topological polar surface area (TPSA) is 77.2 Å². The van der Waals surface area contributed by atoms with Crippen molar-refractivity contribution < 1.29 is 13.9 Å². The molecule has 23 heavy (non-hydrogen) atoms. The molecule has 8 heteroatoms. The first kappa shape index (κ1) is 15.5. The van der Waals surface area contributed by atoms with Crippen LogP contribution in [0, 0.1) is 0 Å². The first-order chi connectivity index (χ1) is 11.2. The zero-order chi connectivity index (χ0) is 16.1. The summed E-state index contributed by atoms with van der Waals surface area (Å²) in [6, 6.07) is 12.9. The van der Waals surface area contributed by atoms with E-state index in [2.05, 4.69) is 15.5 Å². The summed E-state index contributed by atoms with van der Waals surface area (Å²) in [5.74, 6) is 0.771. The van der Waals surface area contributed by atoms with Crippen LogP contribution in [0.4, 0.5) is 6.01 Å². The van der Waals surface area contributed by atoms with Crippen LogP contribution in [0.3, 0.4) is 0 Å². The Kier molecular flexibility index (Phi) is 4.89. The molecular weight excluding hydrogens is 338 g/mol. The van der Waals surface area contributed by atoms with Crippen LogP contribution in [0.1, 0.15) is 6.42 Å². The summed E-state index contributed by atoms with van der Waals surface area (Å²) in [4.78, 5) is 12.6. The van der Waals surface area contributed by atoms with Crippen LogP contribution in [0.5, 0.6) is 5.75 Å². The highest BCUT2D eigenvalue weighted by Crippen LogP contribution is 2.30. The zero-order valence-electron chi connectivity index (χ0n) is 11.9. The van der Waals surface area contributed by atoms with E-state index in [1.807, 2.05) is 30.3 Å². The molecule has 0 unspecified atom stereocenters. The van der Waals surface area contributed by atoms with E-state index in [1.165, 1.54) is 11.3 Å². The molecule has 6 nitrogen and oxygen atoms in total. The predicted molar refractivity (Wildman–Crippen MR) is 87.8 cm³/mol. The number of halogens is 1. The van der Waals surface area contributed by atoms with Gasteiger partial charge in [-0.1, -0.05) is 34.9 Å². The predicted octanol–water partition coefficient (Wildman–Crippen LogP) is 3.86. The summed E-state index contributed by atoms with van der Waals surface area (Å²) >= 11 is 7.18. The molecule has 0 atom stereocenters. The number of aromatic nitrogens is 2. The maximum Gasteiger partial charge on any atom is 0.322 e. The highest BCUT2D eigenvalue weighted by atomic mass is 35.5. The van der Waals surface area contributed by atoms with Crippen molar-refractivity contribution in [1.29, 1.82) is 0 Å². The van der Waals surface area contributed by atoms with Gasteiger partial charge in [-0.25, -0.2) is 0 Å². The SMILES string of the molecule is O=C(CCOc1ccccc1)Nc1nnc(-c2ccc(Cl)s2)o1. The molecule has 1 N–H and O–H groups in total. The van der Waals surface area contributed by atoms with Gasteiger partial charge in [-0.05, 0) is 24.3 Å². The summed E-state index contributed by atoms with van der Waals surface area (Å²) in [6.07, 6.45) is 0.178. The van der Waals surface area contributed by atoms with Gasteiger partial charge in [0.15, 0.2) is 0 Å². The van der Waals surface area contributed by atoms with Gasteiger partial charge in [-0.3, -0.25) is 10.1 Å². The number of thiophene rings is 1. The number of ether oxygens (including phenoxy) is 1. The Bertz CT molecular complexity index is 788. The van der Waals surface area contributed by atoms with E-state index in [9.17, 15) is 4.79 Å². The summed E-state index contributed by atoms with van der Waals surface area (Å²) in [5, 5.41) is 10.2. The molecule has 0 bridgehead atoms. The molecule has 0 saturated carbocycles. The average Bonchev–Trinajstić information content (AvgIpc) is 3.17. The molecule has 0 fully saturated rings. The molecule has 0 aliphatic rings. The fourth-order valence-corrected chi connectivity index (χ4v) is 2.73. The van der Waals surface area contributed by atoms with Crippen molar-refractivity contribution in [2.45, 2.75) is 6.42 Å². The number of rotatable bonds is 6. The quantitative estimate of drug-likeness (QED) is 0.731. The van der Waals surface area contributed by atoms with Gasteiger partial charge in [0.1, 0.15) is 5.75 Å². The van der Waals surface area contributed by atoms with Crippen molar-refractivity contribution in [2.24, 2.45) is 0 Å². The van der Waals surface area contributed by atoms with Crippen LogP contribution in [-0.4, -0.2) is 22.7 Å². The lowest BCUT2D eigenvalue weighted by molar-refractivity contribution is -0.116. The number of anilines is 1. The third kappa shape index (κ3) is 4.30. The minimum Gasteiger partial charge on any atom is -0.493 e. The number of hydrogen-bond donors (Lipinski definition) is 1. The van der Waals surface area contributed by atoms with Gasteiger partial charge >= 0.3 is 6.01 Å². The van der Waals surface area contributed by atoms with Crippen LogP contribution < -0.4 is 10.1 Å². The second-order valence-corrected chi connectivity index (χ2v) is 6.19. The van der Waals surface area contributed by atoms with Crippen LogP contribution in [-0.2, 0) is 4.79 Å². The van der Waals surface area contributed by atoms with E-state index in [-0.39, 0.29) is 24.9 Å². The molecule has 0 aliphatic carbocycles. The number of carbonyl (C=O) groups excluding carboxylic acids is 1. The highest BCUT2D eigenvalue weighted by Gasteiger charge is 2.13. The molecule has 0 spiro atoms. The second kappa shape index (κ2) is 7.26. The number of benzene rings is 1. The van der Waals surface area contributed by atoms with Gasteiger partial charge in [0.05, 0.1) is 22.2 Å². The van der Waals surface area contributed by atoms with Crippen molar-refractivity contribution in [3.63, 3.8) is 0 Å². The monoisotopic (exact) mass is 349 g/mol. The summed E-state index contributed by atoms with van der Waals surface area (Å²) in [6.45, 7) is 0.261. The number of hydrogen-bond acceptors (Lipinski definition) is 6. The Morgan fingerprint density at radius 3 is 2.78 bits per heavy atom. The number of carbonyl (C=O) groups is 1. The molecule has 2 aromatic heterocycles. The minimum absolute atomic E-state index is 0.0502. The molecule has 3 aromatic rings. The van der Waals surface area contributed by atoms with Gasteiger partial charge in [-0.2, -0.15) is 0 Å². The normalized spacial score (nSPS) is 10.5. The molecule has 0 saturated heterocycles. The number of nitrogens with one attached hydrogen (secondary N) is 1. The first-order valence-corrected chi connectivity index (χ1v) is 7.97. The third-order valence-corrected chi connectivity index (χ3v) is 4.02. The van der Waals surface area contributed by atoms with Gasteiger partial charge in [-0.15, -0.1) is 16.4 Å². The van der Waals surface area contributed by atoms with E-state index in [4.69, 9.17) is 20.8 Å². The Morgan fingerprint density at radius 2 is 2.04 bits per heavy atom. The first-order valence-electron chi connectivity index (χ1n) is 6.77. The zero-order valence-corrected chi connectivity index (χ0v) is 13.4. The summed E-state index contributed by atoms with van der Waals surface area (Å²) in [7, 11) is 0. The van der Waals surface area contributed by atoms with Crippen LogP contribution >= 0.6 is 22.9 Å². The molecule has 1 aromatic carbocycles. The second-order valence-electron chi connectivity index (χ2n) is 4.48. The maximum atomic E-state index is 11.8. The van der Waals surface area contributed by atoms with Gasteiger partial charge < -0.3 is 9.15 Å². The third-order valence-electron chi connectivity index (χ3n) is 2.80. The van der Waals surface area contributed by atoms with Crippen molar-refractivity contribution >= 4 is 34.9 Å². The lowest BCUT2D eigenvalue weighted by atomic mass is 10.3. The van der Waals surface area contributed by atoms with Crippen LogP contribution in [0.25, 0.3) is 10.8 Å². The Hall–Kier alpha value is -2.38. The standard InChI is InChI=1S/C15H12ClN3O3S/c16-12-7-6-11(23-12)14-18-19-15(22-14)17-13(20)8-9-21-10-4-2-1-3-5-10/h1-7H,8-9H2,(H,17,19,20). The molecule has 1 amide bonds. The number of amides is 1. The largest absolute Gasteiger partial charge is 0.493 e. The van der Waals surface area contributed by atoms with E-state index >= 15 is 0 Å². The van der Waals surface area contributed by atoms with Crippen molar-refractivity contribution in [3.05, 3.63) is 46.8 Å². The summed E-state index contributed by atoms with van der Waals surface area (Å²) in [5.41, 5.74) is 0. The lowest BCUT2D eigenvalue weighted by Crippen LogP contribution is -2.15. The Morgan fingerprint density at radius 1 is 1.22 bits per heavy atom. The average molecular weight is 350 g/mol. The molecule has 0 radical (unpaired) electrons. The van der Waals surface area contributed by atoms with Crippen LogP contribution in [0.15, 0.2) is 46.9 Å². The van der Waals surface area contributed by atoms with E-state index < -0.39 is 0 Å². The minimum atomic E-state index is -0.264. The maximum absolute atomic E-state index is 11.8.